The zero-order valence-corrected chi connectivity index (χ0v) is 16.8. The molecular formula is C19H19FN2O4S2. The number of carbonyl (C=O) groups is 2. The predicted octanol–water partition coefficient (Wildman–Crippen LogP) is 3.47. The largest absolute Gasteiger partial charge is 0.300 e. The number of nitrogens with one attached hydrogen (secondary N) is 1. The van der Waals surface area contributed by atoms with Crippen LogP contribution in [0, 0.1) is 11.0 Å². The lowest BCUT2D eigenvalue weighted by atomic mass is 9.86. The second-order valence-electron chi connectivity index (χ2n) is 6.68. The van der Waals surface area contributed by atoms with Gasteiger partial charge in [-0.3, -0.25) is 14.9 Å². The molecule has 1 aliphatic rings. The van der Waals surface area contributed by atoms with Crippen molar-refractivity contribution in [3.63, 3.8) is 0 Å². The minimum Gasteiger partial charge on any atom is -0.300 e. The Morgan fingerprint density at radius 1 is 1.25 bits per heavy atom. The molecule has 0 saturated heterocycles. The minimum atomic E-state index is -3.35. The van der Waals surface area contributed by atoms with Crippen molar-refractivity contribution in [3.8, 4) is 0 Å². The molecule has 0 bridgehead atoms. The van der Waals surface area contributed by atoms with Crippen LogP contribution in [-0.4, -0.2) is 31.3 Å². The lowest BCUT2D eigenvalue weighted by molar-refractivity contribution is -0.120. The molecule has 148 valence electrons. The van der Waals surface area contributed by atoms with Gasteiger partial charge in [-0.1, -0.05) is 29.5 Å². The molecule has 1 amide bonds. The zero-order chi connectivity index (χ0) is 20.3. The van der Waals surface area contributed by atoms with Crippen molar-refractivity contribution < 1.29 is 22.4 Å². The fourth-order valence-electron chi connectivity index (χ4n) is 3.03. The molecule has 9 heteroatoms. The number of rotatable bonds is 5. The number of halogens is 1. The Bertz CT molecular complexity index is 1020. The molecule has 1 fully saturated rings. The van der Waals surface area contributed by atoms with Gasteiger partial charge in [0, 0.05) is 24.7 Å². The number of allylic oxidation sites excluding steroid dienone is 1. The van der Waals surface area contributed by atoms with E-state index in [1.54, 1.807) is 18.2 Å². The second-order valence-corrected chi connectivity index (χ2v) is 9.67. The molecular weight excluding hydrogens is 403 g/mol. The van der Waals surface area contributed by atoms with Crippen LogP contribution < -0.4 is 5.32 Å². The van der Waals surface area contributed by atoms with Crippen molar-refractivity contribution in [1.29, 1.82) is 0 Å². The van der Waals surface area contributed by atoms with E-state index >= 15 is 0 Å². The summed E-state index contributed by atoms with van der Waals surface area (Å²) in [5.74, 6) is -0.189. The summed E-state index contributed by atoms with van der Waals surface area (Å²) in [5.41, 5.74) is 0.883. The van der Waals surface area contributed by atoms with E-state index in [0.29, 0.717) is 36.8 Å². The number of nitrogens with zero attached hydrogens (tertiary/aromatic N) is 1. The number of ketones is 1. The summed E-state index contributed by atoms with van der Waals surface area (Å²) >= 11 is 0.720. The molecule has 2 aromatic rings. The van der Waals surface area contributed by atoms with Crippen molar-refractivity contribution in [2.75, 3.05) is 11.6 Å². The van der Waals surface area contributed by atoms with Gasteiger partial charge in [-0.05, 0) is 36.5 Å². The van der Waals surface area contributed by atoms with Gasteiger partial charge in [0.25, 0.3) is 5.91 Å². The van der Waals surface area contributed by atoms with E-state index in [1.165, 1.54) is 12.1 Å². The van der Waals surface area contributed by atoms with Crippen molar-refractivity contribution >= 4 is 43.6 Å². The first-order valence-electron chi connectivity index (χ1n) is 8.69. The van der Waals surface area contributed by atoms with Crippen LogP contribution >= 0.6 is 11.3 Å². The second kappa shape index (κ2) is 8.32. The zero-order valence-electron chi connectivity index (χ0n) is 15.1. The number of Topliss-reactive ketones (excluding diaryl/α,β-unsaturated/α-hetero) is 1. The lowest BCUT2D eigenvalue weighted by Gasteiger charge is -2.19. The molecule has 1 heterocycles. The van der Waals surface area contributed by atoms with E-state index in [4.69, 9.17) is 0 Å². The molecule has 0 radical (unpaired) electrons. The van der Waals surface area contributed by atoms with Gasteiger partial charge >= 0.3 is 0 Å². The van der Waals surface area contributed by atoms with E-state index in [2.05, 4.69) is 10.3 Å². The fourth-order valence-corrected chi connectivity index (χ4v) is 4.20. The molecule has 0 spiro atoms. The third-order valence-corrected chi connectivity index (χ3v) is 6.36. The molecule has 0 atom stereocenters. The van der Waals surface area contributed by atoms with Crippen LogP contribution in [0.4, 0.5) is 9.52 Å². The van der Waals surface area contributed by atoms with Crippen LogP contribution in [-0.2, 0) is 19.4 Å². The van der Waals surface area contributed by atoms with Gasteiger partial charge in [-0.2, -0.15) is 4.39 Å². The monoisotopic (exact) mass is 422 g/mol. The number of carbonyl (C=O) groups excluding carboxylic acids is 2. The smallest absolute Gasteiger partial charge is 0.257 e. The van der Waals surface area contributed by atoms with E-state index in [-0.39, 0.29) is 21.7 Å². The van der Waals surface area contributed by atoms with Crippen molar-refractivity contribution in [3.05, 3.63) is 47.2 Å². The topological polar surface area (TPSA) is 93.2 Å². The molecule has 3 rings (SSSR count). The number of hydrogen-bond acceptors (Lipinski definition) is 6. The van der Waals surface area contributed by atoms with E-state index in [1.807, 2.05) is 0 Å². The van der Waals surface area contributed by atoms with E-state index in [9.17, 15) is 22.4 Å². The Balaban J connectivity index is 1.91. The molecule has 1 N–H and O–H groups in total. The highest BCUT2D eigenvalue weighted by Crippen LogP contribution is 2.28. The Labute approximate surface area is 166 Å². The molecule has 1 aromatic carbocycles. The van der Waals surface area contributed by atoms with Gasteiger partial charge in [-0.15, -0.1) is 0 Å². The predicted molar refractivity (Wildman–Crippen MR) is 105 cm³/mol. The normalized spacial score (nSPS) is 16.2. The highest BCUT2D eigenvalue weighted by molar-refractivity contribution is 7.90. The van der Waals surface area contributed by atoms with Crippen LogP contribution in [0.15, 0.2) is 41.4 Å². The molecule has 1 aromatic heterocycles. The molecule has 1 saturated carbocycles. The Morgan fingerprint density at radius 3 is 2.43 bits per heavy atom. The molecule has 0 unspecified atom stereocenters. The van der Waals surface area contributed by atoms with Gasteiger partial charge in [0.2, 0.25) is 0 Å². The summed E-state index contributed by atoms with van der Waals surface area (Å²) < 4.78 is 36.5. The van der Waals surface area contributed by atoms with Crippen LogP contribution in [0.1, 0.15) is 31.2 Å². The van der Waals surface area contributed by atoms with Gasteiger partial charge in [0.15, 0.2) is 20.1 Å². The molecule has 6 nitrogen and oxygen atoms in total. The summed E-state index contributed by atoms with van der Waals surface area (Å²) in [4.78, 5) is 28.2. The lowest BCUT2D eigenvalue weighted by Crippen LogP contribution is -2.17. The third kappa shape index (κ3) is 5.11. The summed E-state index contributed by atoms with van der Waals surface area (Å²) in [6.07, 6.45) is 6.20. The van der Waals surface area contributed by atoms with Crippen molar-refractivity contribution in [1.82, 2.24) is 4.98 Å². The first-order chi connectivity index (χ1) is 13.2. The van der Waals surface area contributed by atoms with Crippen molar-refractivity contribution in [2.45, 2.75) is 30.6 Å². The summed E-state index contributed by atoms with van der Waals surface area (Å²) in [7, 11) is -3.35. The van der Waals surface area contributed by atoms with E-state index in [0.717, 1.165) is 23.8 Å². The van der Waals surface area contributed by atoms with E-state index < -0.39 is 20.9 Å². The Hall–Kier alpha value is -2.39. The van der Waals surface area contributed by atoms with Crippen molar-refractivity contribution in [2.24, 2.45) is 5.92 Å². The minimum absolute atomic E-state index is 0.0565. The highest BCUT2D eigenvalue weighted by atomic mass is 32.2. The van der Waals surface area contributed by atoms with Gasteiger partial charge in [0.1, 0.15) is 5.78 Å². The summed E-state index contributed by atoms with van der Waals surface area (Å²) in [5, 5.41) is 2.21. The number of benzene rings is 1. The average Bonchev–Trinajstić information content (AvgIpc) is 3.05. The number of anilines is 1. The standard InChI is InChI=1S/C19H19FN2O4S2/c1-28(25,26)15-8-4-13(5-9-15)16(10-12-2-6-14(23)7-3-12)18(24)22-19-21-11-17(20)27-19/h4-5,8-12H,2-3,6-7H2,1H3,(H,21,22,24)/b16-10+. The maximum absolute atomic E-state index is 13.2. The van der Waals surface area contributed by atoms with Crippen LogP contribution in [0.25, 0.3) is 5.57 Å². The van der Waals surface area contributed by atoms with Crippen LogP contribution in [0.5, 0.6) is 0 Å². The summed E-state index contributed by atoms with van der Waals surface area (Å²) in [6, 6.07) is 6.02. The third-order valence-electron chi connectivity index (χ3n) is 4.53. The van der Waals surface area contributed by atoms with Gasteiger partial charge in [-0.25, -0.2) is 13.4 Å². The first kappa shape index (κ1) is 20.3. The maximum atomic E-state index is 13.2. The number of thiazole rings is 1. The van der Waals surface area contributed by atoms with Crippen LogP contribution in [0.2, 0.25) is 0 Å². The fraction of sp³-hybridized carbons (Fsp3) is 0.316. The number of hydrogen-bond donors (Lipinski definition) is 1. The molecule has 1 aliphatic carbocycles. The van der Waals surface area contributed by atoms with Gasteiger partial charge < -0.3 is 0 Å². The molecule has 28 heavy (non-hydrogen) atoms. The number of aromatic nitrogens is 1. The average molecular weight is 423 g/mol. The highest BCUT2D eigenvalue weighted by Gasteiger charge is 2.21. The Kier molecular flexibility index (Phi) is 6.04. The maximum Gasteiger partial charge on any atom is 0.257 e. The number of sulfone groups is 1. The van der Waals surface area contributed by atoms with Gasteiger partial charge in [0.05, 0.1) is 11.1 Å². The first-order valence-corrected chi connectivity index (χ1v) is 11.4. The SMILES string of the molecule is CS(=O)(=O)c1ccc(/C(=C\C2CCC(=O)CC2)C(=O)Nc2ncc(F)s2)cc1. The quantitative estimate of drug-likeness (QED) is 0.745. The Morgan fingerprint density at radius 2 is 1.89 bits per heavy atom. The molecule has 0 aliphatic heterocycles. The van der Waals surface area contributed by atoms with Crippen LogP contribution in [0.3, 0.4) is 0 Å². The summed E-state index contributed by atoms with van der Waals surface area (Å²) in [6.45, 7) is 0. The number of amides is 1.